The lowest BCUT2D eigenvalue weighted by atomic mass is 9.47. The van der Waals surface area contributed by atoms with Gasteiger partial charge in [-0.05, 0) is 49.7 Å². The topological polar surface area (TPSA) is 65.7 Å². The van der Waals surface area contributed by atoms with E-state index in [1.165, 1.54) is 6.92 Å². The van der Waals surface area contributed by atoms with E-state index in [-0.39, 0.29) is 35.3 Å². The summed E-state index contributed by atoms with van der Waals surface area (Å²) in [5.41, 5.74) is 0.0799. The molecule has 0 N–H and O–H groups in total. The second-order valence-electron chi connectivity index (χ2n) is 8.34. The molecule has 140 valence electrons. The van der Waals surface area contributed by atoms with Crippen molar-refractivity contribution in [1.29, 1.82) is 0 Å². The summed E-state index contributed by atoms with van der Waals surface area (Å²) in [4.78, 5) is 24.8. The van der Waals surface area contributed by atoms with E-state index in [9.17, 15) is 9.59 Å². The van der Waals surface area contributed by atoms with Gasteiger partial charge in [-0.3, -0.25) is 9.59 Å². The molecule has 2 aliphatic carbocycles. The first-order valence-corrected chi connectivity index (χ1v) is 9.50. The highest BCUT2D eigenvalue weighted by molar-refractivity contribution is 5.81. The maximum Gasteiger partial charge on any atom is 0.313 e. The first-order chi connectivity index (χ1) is 12.4. The maximum absolute atomic E-state index is 13.2. The average molecular weight is 358 g/mol. The Kier molecular flexibility index (Phi) is 4.01. The van der Waals surface area contributed by atoms with E-state index in [2.05, 4.69) is 13.8 Å². The van der Waals surface area contributed by atoms with Crippen LogP contribution in [0.15, 0.2) is 34.8 Å². The predicted octanol–water partition coefficient (Wildman–Crippen LogP) is 4.55. The largest absolute Gasteiger partial charge is 0.472 e. The van der Waals surface area contributed by atoms with Crippen molar-refractivity contribution in [3.05, 3.63) is 36.0 Å². The highest BCUT2D eigenvalue weighted by Gasteiger charge is 2.65. The number of ether oxygens (including phenoxy) is 2. The molecule has 2 fully saturated rings. The molecule has 1 aromatic rings. The molecule has 0 aromatic carbocycles. The Morgan fingerprint density at radius 2 is 2.15 bits per heavy atom. The molecule has 2 heterocycles. The minimum Gasteiger partial charge on any atom is -0.472 e. The highest BCUT2D eigenvalue weighted by atomic mass is 16.6. The van der Waals surface area contributed by atoms with Crippen molar-refractivity contribution in [2.45, 2.75) is 59.0 Å². The Morgan fingerprint density at radius 3 is 2.85 bits per heavy atom. The van der Waals surface area contributed by atoms with E-state index in [0.29, 0.717) is 6.42 Å². The van der Waals surface area contributed by atoms with E-state index in [0.717, 1.165) is 37.0 Å². The van der Waals surface area contributed by atoms with Gasteiger partial charge in [-0.2, -0.15) is 0 Å². The molecule has 1 spiro atoms. The number of rotatable bonds is 2. The van der Waals surface area contributed by atoms with Gasteiger partial charge in [0.05, 0.1) is 17.9 Å². The van der Waals surface area contributed by atoms with Crippen molar-refractivity contribution >= 4 is 11.9 Å². The number of carbonyl (C=O) groups is 2. The maximum atomic E-state index is 13.2. The zero-order chi connectivity index (χ0) is 18.5. The summed E-state index contributed by atoms with van der Waals surface area (Å²) in [6.07, 6.45) is 9.30. The number of furan rings is 1. The van der Waals surface area contributed by atoms with Gasteiger partial charge in [0.15, 0.2) is 0 Å². The number of hydrogen-bond acceptors (Lipinski definition) is 5. The third-order valence-electron chi connectivity index (χ3n) is 7.04. The van der Waals surface area contributed by atoms with E-state index in [1.807, 2.05) is 12.1 Å². The smallest absolute Gasteiger partial charge is 0.313 e. The Labute approximate surface area is 153 Å². The molecule has 0 bridgehead atoms. The summed E-state index contributed by atoms with van der Waals surface area (Å²) in [6.45, 7) is 5.76. The first-order valence-electron chi connectivity index (χ1n) is 9.50. The summed E-state index contributed by atoms with van der Waals surface area (Å²) in [5, 5.41) is 0. The van der Waals surface area contributed by atoms with Crippen LogP contribution in [0.3, 0.4) is 0 Å². The van der Waals surface area contributed by atoms with E-state index < -0.39 is 5.41 Å². The fourth-order valence-electron chi connectivity index (χ4n) is 5.66. The molecule has 1 aromatic heterocycles. The molecule has 26 heavy (non-hydrogen) atoms. The lowest BCUT2D eigenvalue weighted by Gasteiger charge is -2.55. The van der Waals surface area contributed by atoms with Crippen LogP contribution in [0.1, 0.15) is 64.5 Å². The minimum atomic E-state index is -0.533. The number of fused-ring (bicyclic) bond motifs is 2. The Balaban J connectivity index is 1.73. The van der Waals surface area contributed by atoms with Crippen LogP contribution >= 0.6 is 0 Å². The van der Waals surface area contributed by atoms with Gasteiger partial charge in [0.2, 0.25) is 0 Å². The highest BCUT2D eigenvalue weighted by Crippen LogP contribution is 2.65. The lowest BCUT2D eigenvalue weighted by Crippen LogP contribution is -2.54. The van der Waals surface area contributed by atoms with Gasteiger partial charge < -0.3 is 13.9 Å². The Hall–Kier alpha value is -2.04. The number of cyclic esters (lactones) is 1. The Morgan fingerprint density at radius 1 is 1.35 bits per heavy atom. The normalized spacial score (nSPS) is 39.3. The summed E-state index contributed by atoms with van der Waals surface area (Å²) in [7, 11) is 0. The molecule has 0 radical (unpaired) electrons. The molecule has 5 atom stereocenters. The van der Waals surface area contributed by atoms with Gasteiger partial charge in [0.1, 0.15) is 11.9 Å². The van der Waals surface area contributed by atoms with Crippen molar-refractivity contribution in [3.8, 4) is 0 Å². The molecule has 1 saturated heterocycles. The molecule has 5 heteroatoms. The van der Waals surface area contributed by atoms with Gasteiger partial charge in [-0.25, -0.2) is 0 Å². The lowest BCUT2D eigenvalue weighted by molar-refractivity contribution is -0.164. The van der Waals surface area contributed by atoms with Crippen LogP contribution in [-0.4, -0.2) is 11.9 Å². The van der Waals surface area contributed by atoms with Crippen molar-refractivity contribution in [2.75, 3.05) is 0 Å². The molecule has 0 amide bonds. The SMILES string of the molecule is CC(=O)OC1=CCC[C@@H]2[C@@]3(C[C@H](c4ccoc4)OC3=O)[C@H](C)CC[C@@]12C. The zero-order valence-electron chi connectivity index (χ0n) is 15.6. The molecular weight excluding hydrogens is 332 g/mol. The first kappa shape index (κ1) is 17.4. The average Bonchev–Trinajstić information content (AvgIpc) is 3.22. The van der Waals surface area contributed by atoms with Crippen molar-refractivity contribution < 1.29 is 23.5 Å². The number of carbonyl (C=O) groups excluding carboxylic acids is 2. The number of allylic oxidation sites excluding steroid dienone is 2. The summed E-state index contributed by atoms with van der Waals surface area (Å²) in [6, 6.07) is 1.87. The summed E-state index contributed by atoms with van der Waals surface area (Å²) in [5.74, 6) is 0.698. The molecule has 5 nitrogen and oxygen atoms in total. The van der Waals surface area contributed by atoms with Gasteiger partial charge in [-0.15, -0.1) is 0 Å². The fraction of sp³-hybridized carbons (Fsp3) is 0.619. The fourth-order valence-corrected chi connectivity index (χ4v) is 5.66. The monoisotopic (exact) mass is 358 g/mol. The Bertz CT molecular complexity index is 748. The number of esters is 2. The third-order valence-corrected chi connectivity index (χ3v) is 7.04. The van der Waals surface area contributed by atoms with E-state index in [4.69, 9.17) is 13.9 Å². The minimum absolute atomic E-state index is 0.101. The predicted molar refractivity (Wildman–Crippen MR) is 93.7 cm³/mol. The second kappa shape index (κ2) is 6.00. The van der Waals surface area contributed by atoms with E-state index >= 15 is 0 Å². The van der Waals surface area contributed by atoms with Crippen molar-refractivity contribution in [1.82, 2.24) is 0 Å². The second-order valence-corrected chi connectivity index (χ2v) is 8.34. The molecule has 0 unspecified atom stereocenters. The van der Waals surface area contributed by atoms with Gasteiger partial charge in [0, 0.05) is 24.3 Å². The van der Waals surface area contributed by atoms with Crippen LogP contribution in [-0.2, 0) is 19.1 Å². The van der Waals surface area contributed by atoms with Crippen LogP contribution in [0.2, 0.25) is 0 Å². The van der Waals surface area contributed by atoms with Gasteiger partial charge >= 0.3 is 11.9 Å². The van der Waals surface area contributed by atoms with Gasteiger partial charge in [0.25, 0.3) is 0 Å². The number of hydrogen-bond donors (Lipinski definition) is 0. The van der Waals surface area contributed by atoms with Crippen molar-refractivity contribution in [2.24, 2.45) is 22.7 Å². The molecule has 3 aliphatic rings. The van der Waals surface area contributed by atoms with Crippen LogP contribution < -0.4 is 0 Å². The summed E-state index contributed by atoms with van der Waals surface area (Å²) < 4.78 is 16.6. The molecule has 1 saturated carbocycles. The van der Waals surface area contributed by atoms with Crippen molar-refractivity contribution in [3.63, 3.8) is 0 Å². The van der Waals surface area contributed by atoms with Crippen LogP contribution in [0.4, 0.5) is 0 Å². The van der Waals surface area contributed by atoms with Crippen LogP contribution in [0.25, 0.3) is 0 Å². The van der Waals surface area contributed by atoms with Gasteiger partial charge in [-0.1, -0.05) is 13.8 Å². The molecule has 1 aliphatic heterocycles. The molecular formula is C21H26O5. The van der Waals surface area contributed by atoms with Crippen LogP contribution in [0.5, 0.6) is 0 Å². The van der Waals surface area contributed by atoms with Crippen LogP contribution in [0, 0.1) is 22.7 Å². The molecule has 4 rings (SSSR count). The van der Waals surface area contributed by atoms with E-state index in [1.54, 1.807) is 12.5 Å². The third kappa shape index (κ3) is 2.36. The quantitative estimate of drug-likeness (QED) is 0.726. The summed E-state index contributed by atoms with van der Waals surface area (Å²) >= 11 is 0. The standard InChI is InChI=1S/C21H26O5/c1-13-7-9-20(3)17(5-4-6-18(20)25-14(2)22)21(13)11-16(26-19(21)23)15-8-10-24-12-15/h6,8,10,12-13,16-17H,4-5,7,9,11H2,1-3H3/t13-,16-,17+,20-,21-/m1/s1. The zero-order valence-corrected chi connectivity index (χ0v) is 15.6.